The van der Waals surface area contributed by atoms with Gasteiger partial charge in [0.05, 0.1) is 0 Å². The lowest BCUT2D eigenvalue weighted by Crippen LogP contribution is -2.43. The van der Waals surface area contributed by atoms with Crippen LogP contribution in [0.5, 0.6) is 0 Å². The van der Waals surface area contributed by atoms with Crippen LogP contribution in [0.4, 0.5) is 4.39 Å². The summed E-state index contributed by atoms with van der Waals surface area (Å²) >= 11 is 0. The molecule has 0 spiro atoms. The minimum absolute atomic E-state index is 0.112. The van der Waals surface area contributed by atoms with Gasteiger partial charge in [0.2, 0.25) is 5.91 Å². The van der Waals surface area contributed by atoms with Gasteiger partial charge in [-0.2, -0.15) is 0 Å². The predicted molar refractivity (Wildman–Crippen MR) is 174 cm³/mol. The maximum Gasteiger partial charge on any atom is 0.255 e. The van der Waals surface area contributed by atoms with Crippen molar-refractivity contribution in [2.24, 2.45) is 0 Å². The summed E-state index contributed by atoms with van der Waals surface area (Å²) in [6.07, 6.45) is 2.67. The molecule has 6 rings (SSSR count). The molecule has 220 valence electrons. The first kappa shape index (κ1) is 28.9. The second kappa shape index (κ2) is 13.0. The fraction of sp³-hybridized carbons (Fsp3) is 0.158. The first-order valence-corrected chi connectivity index (χ1v) is 14.8. The lowest BCUT2D eigenvalue weighted by molar-refractivity contribution is -0.132. The van der Waals surface area contributed by atoms with Crippen LogP contribution >= 0.6 is 0 Å². The molecule has 1 heterocycles. The first-order valence-electron chi connectivity index (χ1n) is 14.8. The van der Waals surface area contributed by atoms with Crippen LogP contribution in [0.3, 0.4) is 0 Å². The van der Waals surface area contributed by atoms with Crippen molar-refractivity contribution in [3.63, 3.8) is 0 Å². The highest BCUT2D eigenvalue weighted by molar-refractivity contribution is 6.07. The number of aromatic nitrogens is 1. The van der Waals surface area contributed by atoms with E-state index >= 15 is 0 Å². The number of hydrogen-bond donors (Lipinski definition) is 1. The van der Waals surface area contributed by atoms with Crippen LogP contribution in [0, 0.1) is 12.7 Å². The van der Waals surface area contributed by atoms with Crippen molar-refractivity contribution < 1.29 is 14.0 Å². The molecular weight excluding hydrogens is 549 g/mol. The molecule has 2 amide bonds. The average Bonchev–Trinajstić information content (AvgIpc) is 3.47. The quantitative estimate of drug-likeness (QED) is 0.180. The van der Waals surface area contributed by atoms with E-state index in [1.807, 2.05) is 96.9 Å². The maximum absolute atomic E-state index is 14.2. The molecule has 0 unspecified atom stereocenters. The number of fused-ring (bicyclic) bond motifs is 2. The molecule has 0 aliphatic carbocycles. The van der Waals surface area contributed by atoms with Crippen LogP contribution in [0.15, 0.2) is 121 Å². The molecular formula is C38H34FN3O2. The van der Waals surface area contributed by atoms with Gasteiger partial charge in [-0.05, 0) is 65.1 Å². The minimum Gasteiger partial charge on any atom is -0.361 e. The summed E-state index contributed by atoms with van der Waals surface area (Å²) in [6, 6.07) is 35.7. The van der Waals surface area contributed by atoms with Gasteiger partial charge >= 0.3 is 0 Å². The molecule has 0 aliphatic heterocycles. The topological polar surface area (TPSA) is 56.4 Å². The molecule has 5 nitrogen and oxygen atoms in total. The number of benzene rings is 5. The number of rotatable bonds is 10. The maximum atomic E-state index is 14.2. The number of carbonyl (C=O) groups excluding carboxylic acids is 2. The Morgan fingerprint density at radius 2 is 1.34 bits per heavy atom. The van der Waals surface area contributed by atoms with Crippen molar-refractivity contribution in [1.82, 2.24) is 14.8 Å². The fourth-order valence-electron chi connectivity index (χ4n) is 5.65. The number of H-pyrrole nitrogens is 1. The van der Waals surface area contributed by atoms with Gasteiger partial charge in [0.15, 0.2) is 0 Å². The molecule has 0 radical (unpaired) electrons. The Labute approximate surface area is 256 Å². The molecule has 5 aromatic carbocycles. The highest BCUT2D eigenvalue weighted by atomic mass is 19.1. The Balaban J connectivity index is 1.30. The van der Waals surface area contributed by atoms with Gasteiger partial charge in [-0.3, -0.25) is 9.59 Å². The van der Waals surface area contributed by atoms with Crippen molar-refractivity contribution in [2.75, 3.05) is 13.1 Å². The molecule has 1 aromatic heterocycles. The largest absolute Gasteiger partial charge is 0.361 e. The van der Waals surface area contributed by atoms with Crippen LogP contribution in [-0.2, 0) is 24.3 Å². The number of halogens is 1. The summed E-state index contributed by atoms with van der Waals surface area (Å²) in [5.41, 5.74) is 5.64. The first-order chi connectivity index (χ1) is 21.4. The van der Waals surface area contributed by atoms with Crippen molar-refractivity contribution >= 4 is 33.5 Å². The summed E-state index contributed by atoms with van der Waals surface area (Å²) in [6.45, 7) is 3.01. The van der Waals surface area contributed by atoms with Gasteiger partial charge in [0.1, 0.15) is 12.4 Å². The molecule has 0 atom stereocenters. The molecule has 6 heteroatoms. The van der Waals surface area contributed by atoms with E-state index in [2.05, 4.69) is 11.1 Å². The third kappa shape index (κ3) is 6.55. The standard InChI is InChI=1S/C38H34FN3O2/c1-27-13-15-28(16-14-27)24-41(22-21-31-23-40-36-12-5-4-10-34(31)36)37(43)26-42(25-29-17-19-32(39)20-18-29)38(44)35-11-6-8-30-7-2-3-9-33(30)35/h2-20,23,40H,21-22,24-26H2,1H3. The summed E-state index contributed by atoms with van der Waals surface area (Å²) in [4.78, 5) is 35.0. The van der Waals surface area contributed by atoms with Crippen LogP contribution in [-0.4, -0.2) is 39.7 Å². The van der Waals surface area contributed by atoms with E-state index in [1.165, 1.54) is 12.1 Å². The fourth-order valence-corrected chi connectivity index (χ4v) is 5.65. The summed E-state index contributed by atoms with van der Waals surface area (Å²) in [5.74, 6) is -0.745. The van der Waals surface area contributed by atoms with Crippen LogP contribution in [0.2, 0.25) is 0 Å². The Hall–Kier alpha value is -5.23. The van der Waals surface area contributed by atoms with Crippen molar-refractivity contribution in [2.45, 2.75) is 26.4 Å². The zero-order valence-corrected chi connectivity index (χ0v) is 24.7. The number of aryl methyl sites for hydroxylation is 1. The highest BCUT2D eigenvalue weighted by Crippen LogP contribution is 2.23. The Bertz CT molecular complexity index is 1910. The number of para-hydroxylation sites is 1. The van der Waals surface area contributed by atoms with Crippen LogP contribution < -0.4 is 0 Å². The van der Waals surface area contributed by atoms with Gasteiger partial charge in [0.25, 0.3) is 5.91 Å². The zero-order chi connectivity index (χ0) is 30.5. The molecule has 0 aliphatic rings. The van der Waals surface area contributed by atoms with E-state index in [-0.39, 0.29) is 30.7 Å². The average molecular weight is 584 g/mol. The second-order valence-electron chi connectivity index (χ2n) is 11.2. The van der Waals surface area contributed by atoms with Gasteiger partial charge in [-0.1, -0.05) is 96.6 Å². The van der Waals surface area contributed by atoms with Gasteiger partial charge < -0.3 is 14.8 Å². The number of aromatic amines is 1. The number of nitrogens with one attached hydrogen (secondary N) is 1. The molecule has 0 saturated heterocycles. The third-order valence-corrected chi connectivity index (χ3v) is 8.09. The van der Waals surface area contributed by atoms with Crippen LogP contribution in [0.1, 0.15) is 32.6 Å². The number of amides is 2. The lowest BCUT2D eigenvalue weighted by Gasteiger charge is -2.28. The molecule has 6 aromatic rings. The number of hydrogen-bond acceptors (Lipinski definition) is 2. The molecule has 1 N–H and O–H groups in total. The normalized spacial score (nSPS) is 11.1. The molecule has 0 bridgehead atoms. The van der Waals surface area contributed by atoms with Crippen molar-refractivity contribution in [1.29, 1.82) is 0 Å². The monoisotopic (exact) mass is 583 g/mol. The summed E-state index contributed by atoms with van der Waals surface area (Å²) in [5, 5.41) is 2.91. The molecule has 0 fully saturated rings. The number of carbonyl (C=O) groups is 2. The zero-order valence-electron chi connectivity index (χ0n) is 24.7. The van der Waals surface area contributed by atoms with Crippen LogP contribution in [0.25, 0.3) is 21.7 Å². The van der Waals surface area contributed by atoms with Crippen molar-refractivity contribution in [3.05, 3.63) is 155 Å². The van der Waals surface area contributed by atoms with E-state index in [0.717, 1.165) is 43.9 Å². The summed E-state index contributed by atoms with van der Waals surface area (Å²) in [7, 11) is 0. The van der Waals surface area contributed by atoms with Crippen molar-refractivity contribution in [3.8, 4) is 0 Å². The predicted octanol–water partition coefficient (Wildman–Crippen LogP) is 7.68. The Morgan fingerprint density at radius 3 is 2.11 bits per heavy atom. The molecule has 0 saturated carbocycles. The van der Waals surface area contributed by atoms with E-state index < -0.39 is 0 Å². The van der Waals surface area contributed by atoms with E-state index in [0.29, 0.717) is 25.1 Å². The smallest absolute Gasteiger partial charge is 0.255 e. The lowest BCUT2D eigenvalue weighted by atomic mass is 10.0. The minimum atomic E-state index is -0.349. The highest BCUT2D eigenvalue weighted by Gasteiger charge is 2.24. The molecule has 44 heavy (non-hydrogen) atoms. The van der Waals surface area contributed by atoms with Gasteiger partial charge in [-0.25, -0.2) is 4.39 Å². The number of nitrogens with zero attached hydrogens (tertiary/aromatic N) is 2. The SMILES string of the molecule is Cc1ccc(CN(CCc2c[nH]c3ccccc23)C(=O)CN(Cc2ccc(F)cc2)C(=O)c2cccc3ccccc23)cc1. The van der Waals surface area contributed by atoms with Gasteiger partial charge in [-0.15, -0.1) is 0 Å². The van der Waals surface area contributed by atoms with E-state index in [4.69, 9.17) is 0 Å². The Morgan fingerprint density at radius 1 is 0.705 bits per heavy atom. The van der Waals surface area contributed by atoms with Gasteiger partial charge in [0, 0.05) is 42.3 Å². The second-order valence-corrected chi connectivity index (χ2v) is 11.2. The summed E-state index contributed by atoms with van der Waals surface area (Å²) < 4.78 is 13.7. The third-order valence-electron chi connectivity index (χ3n) is 8.09. The van der Waals surface area contributed by atoms with E-state index in [1.54, 1.807) is 23.1 Å². The Kier molecular flexibility index (Phi) is 8.50. The van der Waals surface area contributed by atoms with E-state index in [9.17, 15) is 14.0 Å².